The molecule has 0 aliphatic rings. The molecule has 102 valence electrons. The number of rotatable bonds is 5. The van der Waals surface area contributed by atoms with E-state index in [2.05, 4.69) is 46.5 Å². The lowest BCUT2D eigenvalue weighted by molar-refractivity contribution is 0.138. The summed E-state index contributed by atoms with van der Waals surface area (Å²) in [6.07, 6.45) is -0.305. The van der Waals surface area contributed by atoms with Gasteiger partial charge in [0.25, 0.3) is 0 Å². The molecule has 2 aromatic rings. The summed E-state index contributed by atoms with van der Waals surface area (Å²) in [5.41, 5.74) is 3.49. The Kier molecular flexibility index (Phi) is 4.69. The lowest BCUT2D eigenvalue weighted by atomic mass is 10.2. The van der Waals surface area contributed by atoms with Crippen molar-refractivity contribution in [2.45, 2.75) is 26.5 Å². The van der Waals surface area contributed by atoms with Crippen molar-refractivity contribution in [2.75, 3.05) is 13.6 Å². The zero-order chi connectivity index (χ0) is 13.8. The van der Waals surface area contributed by atoms with E-state index in [0.717, 1.165) is 17.2 Å². The summed E-state index contributed by atoms with van der Waals surface area (Å²) in [6.45, 7) is 5.32. The number of aryl methyl sites for hydroxylation is 1. The number of hydrogen-bond acceptors (Lipinski definition) is 4. The van der Waals surface area contributed by atoms with E-state index >= 15 is 0 Å². The van der Waals surface area contributed by atoms with E-state index in [1.54, 1.807) is 18.3 Å². The molecule has 3 nitrogen and oxygen atoms in total. The third-order valence-electron chi connectivity index (χ3n) is 2.86. The van der Waals surface area contributed by atoms with Gasteiger partial charge in [0, 0.05) is 24.0 Å². The van der Waals surface area contributed by atoms with Crippen LogP contribution in [-0.2, 0) is 6.54 Å². The summed E-state index contributed by atoms with van der Waals surface area (Å²) in [5, 5.41) is 12.5. The molecule has 1 heterocycles. The van der Waals surface area contributed by atoms with Crippen LogP contribution in [0, 0.1) is 6.92 Å². The standard InChI is InChI=1S/C15H20N2OS/c1-11-4-6-13(7-5-11)15-16-14(10-19-15)9-17(3)8-12(2)18/h4-7,10,12,18H,8-9H2,1-3H3. The minimum Gasteiger partial charge on any atom is -0.392 e. The van der Waals surface area contributed by atoms with Crippen LogP contribution in [0.15, 0.2) is 29.6 Å². The molecule has 0 aliphatic heterocycles. The van der Waals surface area contributed by atoms with Gasteiger partial charge in [-0.2, -0.15) is 0 Å². The number of likely N-dealkylation sites (N-methyl/N-ethyl adjacent to an activating group) is 1. The van der Waals surface area contributed by atoms with Gasteiger partial charge in [0.15, 0.2) is 0 Å². The SMILES string of the molecule is Cc1ccc(-c2nc(CN(C)CC(C)O)cs2)cc1. The lowest BCUT2D eigenvalue weighted by Crippen LogP contribution is -2.26. The van der Waals surface area contributed by atoms with Gasteiger partial charge in [-0.1, -0.05) is 29.8 Å². The van der Waals surface area contributed by atoms with Gasteiger partial charge in [-0.25, -0.2) is 4.98 Å². The Bertz CT molecular complexity index is 519. The number of thiazole rings is 1. The minimum atomic E-state index is -0.305. The number of aromatic nitrogens is 1. The van der Waals surface area contributed by atoms with Crippen LogP contribution in [-0.4, -0.2) is 34.7 Å². The van der Waals surface area contributed by atoms with Gasteiger partial charge < -0.3 is 5.11 Å². The number of hydrogen-bond donors (Lipinski definition) is 1. The normalized spacial score (nSPS) is 12.9. The topological polar surface area (TPSA) is 36.4 Å². The average molecular weight is 276 g/mol. The molecule has 1 unspecified atom stereocenters. The Hall–Kier alpha value is -1.23. The molecule has 1 aromatic carbocycles. The number of nitrogens with zero attached hydrogens (tertiary/aromatic N) is 2. The van der Waals surface area contributed by atoms with E-state index in [0.29, 0.717) is 6.54 Å². The van der Waals surface area contributed by atoms with E-state index in [4.69, 9.17) is 0 Å². The summed E-state index contributed by atoms with van der Waals surface area (Å²) < 4.78 is 0. The molecule has 0 saturated heterocycles. The van der Waals surface area contributed by atoms with Crippen LogP contribution >= 0.6 is 11.3 Å². The summed E-state index contributed by atoms with van der Waals surface area (Å²) >= 11 is 1.67. The molecule has 1 aromatic heterocycles. The van der Waals surface area contributed by atoms with Crippen molar-refractivity contribution >= 4 is 11.3 Å². The predicted molar refractivity (Wildman–Crippen MR) is 80.3 cm³/mol. The maximum absolute atomic E-state index is 9.35. The van der Waals surface area contributed by atoms with Gasteiger partial charge in [-0.05, 0) is 20.9 Å². The highest BCUT2D eigenvalue weighted by Crippen LogP contribution is 2.24. The third kappa shape index (κ3) is 4.13. The van der Waals surface area contributed by atoms with E-state index in [1.165, 1.54) is 11.1 Å². The molecule has 0 radical (unpaired) electrons. The van der Waals surface area contributed by atoms with Gasteiger partial charge in [0.1, 0.15) is 5.01 Å². The van der Waals surface area contributed by atoms with Crippen molar-refractivity contribution < 1.29 is 5.11 Å². The van der Waals surface area contributed by atoms with Gasteiger partial charge >= 0.3 is 0 Å². The summed E-state index contributed by atoms with van der Waals surface area (Å²) in [7, 11) is 2.00. The fraction of sp³-hybridized carbons (Fsp3) is 0.400. The zero-order valence-corrected chi connectivity index (χ0v) is 12.4. The van der Waals surface area contributed by atoms with E-state index in [-0.39, 0.29) is 6.10 Å². The van der Waals surface area contributed by atoms with E-state index in [1.807, 2.05) is 7.05 Å². The average Bonchev–Trinajstić information content (AvgIpc) is 2.77. The molecular weight excluding hydrogens is 256 g/mol. The molecule has 0 saturated carbocycles. The minimum absolute atomic E-state index is 0.305. The third-order valence-corrected chi connectivity index (χ3v) is 3.80. The molecule has 0 aliphatic carbocycles. The monoisotopic (exact) mass is 276 g/mol. The maximum Gasteiger partial charge on any atom is 0.123 e. The molecule has 2 rings (SSSR count). The maximum atomic E-state index is 9.35. The van der Waals surface area contributed by atoms with Crippen LogP contribution in [0.25, 0.3) is 10.6 Å². The molecule has 1 atom stereocenters. The smallest absolute Gasteiger partial charge is 0.123 e. The molecule has 4 heteroatoms. The largest absolute Gasteiger partial charge is 0.392 e. The van der Waals surface area contributed by atoms with Crippen molar-refractivity contribution in [1.29, 1.82) is 0 Å². The van der Waals surface area contributed by atoms with Crippen molar-refractivity contribution in [3.63, 3.8) is 0 Å². The Morgan fingerprint density at radius 3 is 2.63 bits per heavy atom. The molecule has 0 fully saturated rings. The molecular formula is C15H20N2OS. The molecule has 0 amide bonds. The quantitative estimate of drug-likeness (QED) is 0.912. The summed E-state index contributed by atoms with van der Waals surface area (Å²) in [4.78, 5) is 6.73. The fourth-order valence-corrected chi connectivity index (χ4v) is 2.82. The van der Waals surface area contributed by atoms with Crippen LogP contribution in [0.2, 0.25) is 0 Å². The highest BCUT2D eigenvalue weighted by Gasteiger charge is 2.08. The Labute approximate surface area is 118 Å². The Morgan fingerprint density at radius 2 is 2.00 bits per heavy atom. The second-order valence-electron chi connectivity index (χ2n) is 5.06. The van der Waals surface area contributed by atoms with Crippen molar-refractivity contribution in [1.82, 2.24) is 9.88 Å². The zero-order valence-electron chi connectivity index (χ0n) is 11.6. The van der Waals surface area contributed by atoms with Crippen molar-refractivity contribution in [3.05, 3.63) is 40.9 Å². The van der Waals surface area contributed by atoms with Gasteiger partial charge in [0.2, 0.25) is 0 Å². The van der Waals surface area contributed by atoms with Gasteiger partial charge in [0.05, 0.1) is 11.8 Å². The van der Waals surface area contributed by atoms with Crippen LogP contribution in [0.4, 0.5) is 0 Å². The first kappa shape index (κ1) is 14.2. The van der Waals surface area contributed by atoms with Gasteiger partial charge in [-0.3, -0.25) is 4.90 Å². The van der Waals surface area contributed by atoms with E-state index < -0.39 is 0 Å². The fourth-order valence-electron chi connectivity index (χ4n) is 2.00. The number of aliphatic hydroxyl groups is 1. The van der Waals surface area contributed by atoms with Crippen LogP contribution < -0.4 is 0 Å². The number of aliphatic hydroxyl groups excluding tert-OH is 1. The Morgan fingerprint density at radius 1 is 1.32 bits per heavy atom. The highest BCUT2D eigenvalue weighted by molar-refractivity contribution is 7.13. The molecule has 19 heavy (non-hydrogen) atoms. The van der Waals surface area contributed by atoms with Crippen LogP contribution in [0.1, 0.15) is 18.2 Å². The second-order valence-corrected chi connectivity index (χ2v) is 5.91. The first-order chi connectivity index (χ1) is 9.04. The predicted octanol–water partition coefficient (Wildman–Crippen LogP) is 2.93. The van der Waals surface area contributed by atoms with Crippen molar-refractivity contribution in [2.24, 2.45) is 0 Å². The first-order valence-electron chi connectivity index (χ1n) is 6.42. The lowest BCUT2D eigenvalue weighted by Gasteiger charge is -2.16. The second kappa shape index (κ2) is 6.28. The van der Waals surface area contributed by atoms with Crippen LogP contribution in [0.5, 0.6) is 0 Å². The molecule has 0 spiro atoms. The first-order valence-corrected chi connectivity index (χ1v) is 7.30. The molecule has 1 N–H and O–H groups in total. The molecule has 0 bridgehead atoms. The Balaban J connectivity index is 2.04. The highest BCUT2D eigenvalue weighted by atomic mass is 32.1. The van der Waals surface area contributed by atoms with Gasteiger partial charge in [-0.15, -0.1) is 11.3 Å². The van der Waals surface area contributed by atoms with Crippen LogP contribution in [0.3, 0.4) is 0 Å². The van der Waals surface area contributed by atoms with E-state index in [9.17, 15) is 5.11 Å². The number of benzene rings is 1. The summed E-state index contributed by atoms with van der Waals surface area (Å²) in [6, 6.07) is 8.43. The summed E-state index contributed by atoms with van der Waals surface area (Å²) in [5.74, 6) is 0. The van der Waals surface area contributed by atoms with Crippen molar-refractivity contribution in [3.8, 4) is 10.6 Å².